The van der Waals surface area contributed by atoms with Crippen LogP contribution >= 0.6 is 11.8 Å². The summed E-state index contributed by atoms with van der Waals surface area (Å²) in [5, 5.41) is 27.3. The maximum atomic E-state index is 14.9. The molecule has 1 unspecified atom stereocenters. The fraction of sp³-hybridized carbons (Fsp3) is 0.452. The van der Waals surface area contributed by atoms with E-state index in [2.05, 4.69) is 32.2 Å². The molecule has 1 spiro atoms. The normalized spacial score (nSPS) is 28.5. The van der Waals surface area contributed by atoms with Crippen molar-refractivity contribution in [1.82, 2.24) is 20.1 Å². The van der Waals surface area contributed by atoms with Crippen molar-refractivity contribution in [3.8, 4) is 40.6 Å². The summed E-state index contributed by atoms with van der Waals surface area (Å²) in [5.74, 6) is 1.76. The molecule has 0 saturated carbocycles. The molecule has 11 rings (SSSR count). The summed E-state index contributed by atoms with van der Waals surface area (Å²) in [7, 11) is 5.20. The van der Waals surface area contributed by atoms with Crippen LogP contribution in [0.25, 0.3) is 10.9 Å². The van der Waals surface area contributed by atoms with Gasteiger partial charge < -0.3 is 38.5 Å². The van der Waals surface area contributed by atoms with Crippen molar-refractivity contribution in [1.29, 1.82) is 5.26 Å². The predicted octanol–water partition coefficient (Wildman–Crippen LogP) is 4.76. The number of H-pyrrole nitrogens is 1. The minimum atomic E-state index is -1.29. The fourth-order valence-corrected chi connectivity index (χ4v) is 12.4. The molecule has 4 bridgehead atoms. The lowest BCUT2D eigenvalue weighted by atomic mass is 9.71. The Balaban J connectivity index is 1.24. The van der Waals surface area contributed by atoms with E-state index in [1.54, 1.807) is 14.2 Å². The number of aryl methyl sites for hydroxylation is 1. The van der Waals surface area contributed by atoms with Gasteiger partial charge in [-0.25, -0.2) is 4.79 Å². The number of piperazine rings is 1. The van der Waals surface area contributed by atoms with Crippen LogP contribution in [0, 0.1) is 25.2 Å². The second-order valence-electron chi connectivity index (χ2n) is 15.8. The van der Waals surface area contributed by atoms with Crippen LogP contribution < -0.4 is 29.0 Å². The molecule has 2 fully saturated rings. The van der Waals surface area contributed by atoms with Crippen LogP contribution in [-0.4, -0.2) is 96.9 Å². The molecule has 15 heteroatoms. The van der Waals surface area contributed by atoms with E-state index in [0.717, 1.165) is 50.2 Å². The zero-order valence-corrected chi connectivity index (χ0v) is 33.3. The Morgan fingerprint density at radius 1 is 1.09 bits per heavy atom. The summed E-state index contributed by atoms with van der Waals surface area (Å²) >= 11 is 1.54. The van der Waals surface area contributed by atoms with Crippen molar-refractivity contribution in [3.05, 3.63) is 68.9 Å². The number of hydrogen-bond acceptors (Lipinski definition) is 14. The van der Waals surface area contributed by atoms with E-state index < -0.39 is 46.9 Å². The topological polar surface area (TPSA) is 168 Å². The third-order valence-electron chi connectivity index (χ3n) is 13.1. The maximum absolute atomic E-state index is 14.9. The van der Waals surface area contributed by atoms with E-state index in [-0.39, 0.29) is 30.9 Å². The molecule has 0 aliphatic carbocycles. The van der Waals surface area contributed by atoms with Gasteiger partial charge in [-0.15, -0.1) is 11.8 Å². The Hall–Kier alpha value is -5.14. The molecule has 7 atom stereocenters. The van der Waals surface area contributed by atoms with Crippen LogP contribution in [0.15, 0.2) is 24.3 Å². The number of esters is 2. The SMILES string of the molecule is COc1ccc2[nH]c3c(c2c1)CCN[C@]31CSC2c3c(OC(C)=O)c(C)c4c(c3[C@H](COC1=O)N1[C@@H](C#N)[C@@H]3Cc5cc(C)c(OC)c(O)c5[C@H]([C@H]21)N3C)OCO4. The number of fused-ring (bicyclic) bond motifs is 11. The lowest BCUT2D eigenvalue weighted by Crippen LogP contribution is -2.69. The molecule has 57 heavy (non-hydrogen) atoms. The van der Waals surface area contributed by atoms with E-state index >= 15 is 0 Å². The van der Waals surface area contributed by atoms with Crippen LogP contribution in [0.5, 0.6) is 34.5 Å². The van der Waals surface area contributed by atoms with Gasteiger partial charge >= 0.3 is 11.9 Å². The van der Waals surface area contributed by atoms with Crippen molar-refractivity contribution >= 4 is 34.6 Å². The van der Waals surface area contributed by atoms with Gasteiger partial charge in [0.1, 0.15) is 24.1 Å². The summed E-state index contributed by atoms with van der Waals surface area (Å²) in [6.07, 6.45) is 1.19. The second kappa shape index (κ2) is 12.9. The highest BCUT2D eigenvalue weighted by Gasteiger charge is 2.62. The number of methoxy groups -OCH3 is 2. The van der Waals surface area contributed by atoms with Gasteiger partial charge in [0.25, 0.3) is 0 Å². The summed E-state index contributed by atoms with van der Waals surface area (Å²) in [5.41, 5.74) is 5.85. The zero-order chi connectivity index (χ0) is 39.7. The molecule has 8 heterocycles. The number of phenols is 1. The second-order valence-corrected chi connectivity index (χ2v) is 16.9. The Kier molecular flexibility index (Phi) is 8.22. The van der Waals surface area contributed by atoms with Gasteiger partial charge in [0.15, 0.2) is 28.5 Å². The quantitative estimate of drug-likeness (QED) is 0.192. The first kappa shape index (κ1) is 36.2. The fourth-order valence-electron chi connectivity index (χ4n) is 10.8. The van der Waals surface area contributed by atoms with Crippen molar-refractivity contribution in [2.75, 3.05) is 47.0 Å². The Morgan fingerprint density at radius 3 is 2.65 bits per heavy atom. The lowest BCUT2D eigenvalue weighted by Gasteiger charge is -2.62. The number of phenolic OH excluding ortho intramolecular Hbond substituents is 1. The first-order chi connectivity index (χ1) is 27.5. The number of nitriles is 1. The number of ether oxygens (including phenoxy) is 6. The van der Waals surface area contributed by atoms with Crippen LogP contribution in [0.2, 0.25) is 0 Å². The molecule has 3 N–H and O–H groups in total. The summed E-state index contributed by atoms with van der Waals surface area (Å²) in [6.45, 7) is 5.48. The summed E-state index contributed by atoms with van der Waals surface area (Å²) in [6, 6.07) is 7.96. The number of nitrogens with one attached hydrogen (secondary N) is 2. The number of thioether (sulfide) groups is 1. The number of hydrogen-bond donors (Lipinski definition) is 3. The Bertz CT molecular complexity index is 2460. The first-order valence-electron chi connectivity index (χ1n) is 19.2. The van der Waals surface area contributed by atoms with Gasteiger partial charge in [-0.2, -0.15) is 5.26 Å². The van der Waals surface area contributed by atoms with Gasteiger partial charge in [-0.05, 0) is 68.6 Å². The average molecular weight is 794 g/mol. The molecule has 7 aliphatic heterocycles. The molecule has 2 saturated heterocycles. The van der Waals surface area contributed by atoms with Crippen molar-refractivity contribution in [3.63, 3.8) is 0 Å². The largest absolute Gasteiger partial charge is 0.504 e. The van der Waals surface area contributed by atoms with Crippen LogP contribution in [0.4, 0.5) is 0 Å². The Morgan fingerprint density at radius 2 is 1.89 bits per heavy atom. The van der Waals surface area contributed by atoms with E-state index in [9.17, 15) is 20.0 Å². The summed E-state index contributed by atoms with van der Waals surface area (Å²) < 4.78 is 36.4. The van der Waals surface area contributed by atoms with Gasteiger partial charge in [0.05, 0.1) is 43.3 Å². The third-order valence-corrected chi connectivity index (χ3v) is 14.6. The van der Waals surface area contributed by atoms with E-state index in [0.29, 0.717) is 53.5 Å². The van der Waals surface area contributed by atoms with Gasteiger partial charge in [-0.3, -0.25) is 19.9 Å². The highest BCUT2D eigenvalue weighted by atomic mass is 32.2. The van der Waals surface area contributed by atoms with E-state index in [4.69, 9.17) is 28.4 Å². The number of rotatable bonds is 3. The number of likely N-dealkylation sites (N-methyl/N-ethyl adjacent to an activating group) is 1. The standard InChI is InChI=1S/C42H43N5O9S/c1-18-11-21-12-26-27(14-43)47-28-15-53-41(50)42(40-23(9-10-44-42)24-13-22(51-5)7-8-25(24)45-40)16-57-39(33(47)32(46(26)4)29(21)34(49)35(18)52-6)31-30(28)38-37(54-17-55-38)19(2)36(31)56-20(3)48/h7-8,11,13,26-28,32-33,39,44-45,49H,9-10,12,15-17H2,1-6H3/t26-,27-,28-,32+,33+,39?,42+/m0/s1. The predicted molar refractivity (Wildman–Crippen MR) is 208 cm³/mol. The third kappa shape index (κ3) is 4.87. The monoisotopic (exact) mass is 793 g/mol. The minimum Gasteiger partial charge on any atom is -0.504 e. The van der Waals surface area contributed by atoms with Crippen molar-refractivity contribution in [2.45, 2.75) is 74.6 Å². The van der Waals surface area contributed by atoms with E-state index in [1.165, 1.54) is 18.7 Å². The van der Waals surface area contributed by atoms with Gasteiger partial charge in [0, 0.05) is 64.5 Å². The summed E-state index contributed by atoms with van der Waals surface area (Å²) in [4.78, 5) is 35.9. The lowest BCUT2D eigenvalue weighted by molar-refractivity contribution is -0.157. The highest BCUT2D eigenvalue weighted by Crippen LogP contribution is 2.64. The minimum absolute atomic E-state index is 0.0447. The number of carbonyl (C=O) groups is 2. The zero-order valence-electron chi connectivity index (χ0n) is 32.5. The molecule has 7 aliphatic rings. The molecule has 0 radical (unpaired) electrons. The van der Waals surface area contributed by atoms with Gasteiger partial charge in [0.2, 0.25) is 6.79 Å². The maximum Gasteiger partial charge on any atom is 0.333 e. The highest BCUT2D eigenvalue weighted by molar-refractivity contribution is 7.99. The molecular formula is C42H43N5O9S. The molecule has 4 aromatic rings. The average Bonchev–Trinajstić information content (AvgIpc) is 3.84. The van der Waals surface area contributed by atoms with Crippen molar-refractivity contribution < 1.29 is 43.1 Å². The number of aromatic amines is 1. The number of carbonyl (C=O) groups excluding carboxylic acids is 2. The smallest absolute Gasteiger partial charge is 0.333 e. The van der Waals surface area contributed by atoms with Crippen LogP contribution in [-0.2, 0) is 32.7 Å². The molecule has 296 valence electrons. The number of aromatic hydroxyl groups is 1. The van der Waals surface area contributed by atoms with Crippen LogP contribution in [0.3, 0.4) is 0 Å². The molecule has 0 amide bonds. The number of benzene rings is 3. The molecule has 3 aromatic carbocycles. The number of aromatic nitrogens is 1. The Labute approximate surface area is 333 Å². The van der Waals surface area contributed by atoms with Crippen molar-refractivity contribution in [2.24, 2.45) is 0 Å². The molecular weight excluding hydrogens is 751 g/mol. The van der Waals surface area contributed by atoms with E-state index in [1.807, 2.05) is 39.1 Å². The number of nitrogens with zero attached hydrogens (tertiary/aromatic N) is 3. The van der Waals surface area contributed by atoms with Gasteiger partial charge in [-0.1, -0.05) is 6.07 Å². The molecule has 1 aromatic heterocycles. The van der Waals surface area contributed by atoms with Crippen LogP contribution in [0.1, 0.15) is 68.9 Å². The first-order valence-corrected chi connectivity index (χ1v) is 20.2. The molecule has 14 nitrogen and oxygen atoms in total.